The summed E-state index contributed by atoms with van der Waals surface area (Å²) in [6.07, 6.45) is 3.30. The molecular formula is C16H26ClN3OS. The van der Waals surface area contributed by atoms with Crippen LogP contribution in [0.25, 0.3) is 0 Å². The Morgan fingerprint density at radius 2 is 2.41 bits per heavy atom. The highest BCUT2D eigenvalue weighted by Crippen LogP contribution is 2.24. The molecule has 2 aliphatic heterocycles. The van der Waals surface area contributed by atoms with E-state index in [0.717, 1.165) is 45.6 Å². The standard InChI is InChI=1S/C16H25N3OS.ClH/c1-2-7-18(14-3-6-17-10-14)12-16(20)19-8-4-15-13(11-19)5-9-21-15;/h5,9,14,17H,2-4,6-8,10-12H2,1H3;1H. The third-order valence-corrected chi connectivity index (χ3v) is 5.58. The molecule has 1 amide bonds. The van der Waals surface area contributed by atoms with Gasteiger partial charge in [0, 0.05) is 30.6 Å². The summed E-state index contributed by atoms with van der Waals surface area (Å²) in [7, 11) is 0. The number of carbonyl (C=O) groups excluding carboxylic acids is 1. The maximum atomic E-state index is 12.6. The first-order valence-corrected chi connectivity index (χ1v) is 8.93. The molecule has 1 N–H and O–H groups in total. The maximum absolute atomic E-state index is 12.6. The Bertz CT molecular complexity index is 487. The highest BCUT2D eigenvalue weighted by molar-refractivity contribution is 7.10. The normalized spacial score (nSPS) is 20.8. The van der Waals surface area contributed by atoms with Crippen molar-refractivity contribution in [2.75, 3.05) is 32.7 Å². The molecule has 3 heterocycles. The Balaban J connectivity index is 0.00000176. The Morgan fingerprint density at radius 3 is 3.14 bits per heavy atom. The molecule has 1 atom stereocenters. The minimum atomic E-state index is 0. The monoisotopic (exact) mass is 343 g/mol. The molecule has 1 aromatic heterocycles. The molecule has 1 unspecified atom stereocenters. The van der Waals surface area contributed by atoms with Crippen LogP contribution in [0.5, 0.6) is 0 Å². The van der Waals surface area contributed by atoms with E-state index in [1.165, 1.54) is 16.9 Å². The first-order chi connectivity index (χ1) is 10.3. The fourth-order valence-corrected chi connectivity index (χ4v) is 4.25. The molecule has 0 aliphatic carbocycles. The van der Waals surface area contributed by atoms with Crippen molar-refractivity contribution in [2.24, 2.45) is 0 Å². The van der Waals surface area contributed by atoms with Crippen molar-refractivity contribution in [2.45, 2.75) is 38.8 Å². The first-order valence-electron chi connectivity index (χ1n) is 8.05. The van der Waals surface area contributed by atoms with Gasteiger partial charge in [0.25, 0.3) is 0 Å². The van der Waals surface area contributed by atoms with Crippen molar-refractivity contribution in [3.8, 4) is 0 Å². The van der Waals surface area contributed by atoms with Crippen LogP contribution in [-0.4, -0.2) is 54.5 Å². The van der Waals surface area contributed by atoms with Gasteiger partial charge in [0.1, 0.15) is 0 Å². The number of amides is 1. The van der Waals surface area contributed by atoms with Gasteiger partial charge in [0.05, 0.1) is 6.54 Å². The van der Waals surface area contributed by atoms with E-state index in [1.807, 2.05) is 16.2 Å². The summed E-state index contributed by atoms with van der Waals surface area (Å²) in [6.45, 7) is 7.60. The largest absolute Gasteiger partial charge is 0.337 e. The van der Waals surface area contributed by atoms with Crippen LogP contribution >= 0.6 is 23.7 Å². The Kier molecular flexibility index (Phi) is 6.68. The van der Waals surface area contributed by atoms with Gasteiger partial charge in [-0.15, -0.1) is 23.7 Å². The Morgan fingerprint density at radius 1 is 1.55 bits per heavy atom. The number of carbonyl (C=O) groups is 1. The number of nitrogens with zero attached hydrogens (tertiary/aromatic N) is 2. The molecule has 124 valence electrons. The van der Waals surface area contributed by atoms with Crippen LogP contribution in [0.4, 0.5) is 0 Å². The van der Waals surface area contributed by atoms with Crippen molar-refractivity contribution in [3.05, 3.63) is 21.9 Å². The van der Waals surface area contributed by atoms with Gasteiger partial charge < -0.3 is 10.2 Å². The number of halogens is 1. The number of nitrogens with one attached hydrogen (secondary N) is 1. The van der Waals surface area contributed by atoms with Crippen LogP contribution < -0.4 is 5.32 Å². The SMILES string of the molecule is CCCN(CC(=O)N1CCc2sccc2C1)C1CCNC1.Cl. The molecule has 4 nitrogen and oxygen atoms in total. The molecule has 1 fully saturated rings. The van der Waals surface area contributed by atoms with Gasteiger partial charge >= 0.3 is 0 Å². The molecule has 1 saturated heterocycles. The smallest absolute Gasteiger partial charge is 0.237 e. The third kappa shape index (κ3) is 4.02. The van der Waals surface area contributed by atoms with Gasteiger partial charge in [-0.05, 0) is 49.4 Å². The molecule has 3 rings (SSSR count). The minimum Gasteiger partial charge on any atom is -0.337 e. The van der Waals surface area contributed by atoms with Crippen molar-refractivity contribution >= 4 is 29.7 Å². The van der Waals surface area contributed by atoms with Gasteiger partial charge in [-0.2, -0.15) is 0 Å². The summed E-state index contributed by atoms with van der Waals surface area (Å²) in [5.74, 6) is 0.298. The number of hydrogen-bond donors (Lipinski definition) is 1. The predicted octanol–water partition coefficient (Wildman–Crippen LogP) is 2.13. The lowest BCUT2D eigenvalue weighted by molar-refractivity contribution is -0.133. The highest BCUT2D eigenvalue weighted by atomic mass is 35.5. The van der Waals surface area contributed by atoms with E-state index in [4.69, 9.17) is 0 Å². The summed E-state index contributed by atoms with van der Waals surface area (Å²) in [5, 5.41) is 5.55. The zero-order valence-corrected chi connectivity index (χ0v) is 14.8. The molecule has 0 saturated carbocycles. The van der Waals surface area contributed by atoms with Crippen molar-refractivity contribution in [1.82, 2.24) is 15.1 Å². The van der Waals surface area contributed by atoms with Gasteiger partial charge in [0.2, 0.25) is 5.91 Å². The molecule has 2 aliphatic rings. The van der Waals surface area contributed by atoms with Gasteiger partial charge in [-0.3, -0.25) is 9.69 Å². The predicted molar refractivity (Wildman–Crippen MR) is 93.8 cm³/mol. The van der Waals surface area contributed by atoms with Crippen LogP contribution in [0.15, 0.2) is 11.4 Å². The van der Waals surface area contributed by atoms with Crippen molar-refractivity contribution < 1.29 is 4.79 Å². The van der Waals surface area contributed by atoms with Crippen LogP contribution in [0.3, 0.4) is 0 Å². The van der Waals surface area contributed by atoms with E-state index in [1.54, 1.807) is 0 Å². The fourth-order valence-electron chi connectivity index (χ4n) is 3.36. The summed E-state index contributed by atoms with van der Waals surface area (Å²) in [5.41, 5.74) is 1.35. The van der Waals surface area contributed by atoms with E-state index >= 15 is 0 Å². The molecule has 1 aromatic rings. The van der Waals surface area contributed by atoms with E-state index in [9.17, 15) is 4.79 Å². The average Bonchev–Trinajstić information content (AvgIpc) is 3.17. The first kappa shape index (κ1) is 17.7. The lowest BCUT2D eigenvalue weighted by Gasteiger charge is -2.32. The van der Waals surface area contributed by atoms with Crippen molar-refractivity contribution in [1.29, 1.82) is 0 Å². The van der Waals surface area contributed by atoms with E-state index < -0.39 is 0 Å². The Hall–Kier alpha value is -0.620. The number of rotatable bonds is 5. The topological polar surface area (TPSA) is 35.6 Å². The van der Waals surface area contributed by atoms with E-state index in [2.05, 4.69) is 28.6 Å². The molecule has 22 heavy (non-hydrogen) atoms. The second-order valence-corrected chi connectivity index (χ2v) is 7.05. The molecular weight excluding hydrogens is 318 g/mol. The van der Waals surface area contributed by atoms with E-state index in [-0.39, 0.29) is 12.4 Å². The minimum absolute atomic E-state index is 0. The molecule has 0 radical (unpaired) electrons. The summed E-state index contributed by atoms with van der Waals surface area (Å²) >= 11 is 1.82. The van der Waals surface area contributed by atoms with Gasteiger partial charge in [-0.1, -0.05) is 6.92 Å². The van der Waals surface area contributed by atoms with Gasteiger partial charge in [-0.25, -0.2) is 0 Å². The quantitative estimate of drug-likeness (QED) is 0.889. The molecule has 6 heteroatoms. The average molecular weight is 344 g/mol. The van der Waals surface area contributed by atoms with Crippen LogP contribution in [0.1, 0.15) is 30.2 Å². The summed E-state index contributed by atoms with van der Waals surface area (Å²) in [6, 6.07) is 2.71. The lowest BCUT2D eigenvalue weighted by atomic mass is 10.1. The lowest BCUT2D eigenvalue weighted by Crippen LogP contribution is -2.46. The highest BCUT2D eigenvalue weighted by Gasteiger charge is 2.27. The Labute approximate surface area is 143 Å². The number of fused-ring (bicyclic) bond motifs is 1. The molecule has 0 bridgehead atoms. The van der Waals surface area contributed by atoms with Crippen molar-refractivity contribution in [3.63, 3.8) is 0 Å². The van der Waals surface area contributed by atoms with Crippen LogP contribution in [-0.2, 0) is 17.8 Å². The van der Waals surface area contributed by atoms with Crippen LogP contribution in [0.2, 0.25) is 0 Å². The third-order valence-electron chi connectivity index (χ3n) is 4.56. The fraction of sp³-hybridized carbons (Fsp3) is 0.688. The summed E-state index contributed by atoms with van der Waals surface area (Å²) < 4.78 is 0. The van der Waals surface area contributed by atoms with Crippen LogP contribution in [0, 0.1) is 0 Å². The molecule has 0 aromatic carbocycles. The summed E-state index contributed by atoms with van der Waals surface area (Å²) in [4.78, 5) is 18.5. The zero-order valence-electron chi connectivity index (χ0n) is 13.2. The number of thiophene rings is 1. The van der Waals surface area contributed by atoms with E-state index in [0.29, 0.717) is 18.5 Å². The zero-order chi connectivity index (χ0) is 14.7. The number of hydrogen-bond acceptors (Lipinski definition) is 4. The maximum Gasteiger partial charge on any atom is 0.237 e. The molecule has 0 spiro atoms. The second kappa shape index (κ2) is 8.29. The second-order valence-electron chi connectivity index (χ2n) is 6.05. The van der Waals surface area contributed by atoms with Gasteiger partial charge in [0.15, 0.2) is 0 Å².